The van der Waals surface area contributed by atoms with E-state index in [-0.39, 0.29) is 28.3 Å². The van der Waals surface area contributed by atoms with E-state index in [1.54, 1.807) is 20.8 Å². The third-order valence-corrected chi connectivity index (χ3v) is 6.23. The first kappa shape index (κ1) is 23.4. The van der Waals surface area contributed by atoms with Gasteiger partial charge >= 0.3 is 18.0 Å². The zero-order valence-corrected chi connectivity index (χ0v) is 18.3. The first-order chi connectivity index (χ1) is 14.0. The molecular formula is C19H25N3O7S. The van der Waals surface area contributed by atoms with Crippen molar-refractivity contribution < 1.29 is 32.3 Å². The molecule has 30 heavy (non-hydrogen) atoms. The Morgan fingerprint density at radius 3 is 2.43 bits per heavy atom. The summed E-state index contributed by atoms with van der Waals surface area (Å²) in [6.45, 7) is 4.64. The molecule has 1 aromatic rings. The Labute approximate surface area is 175 Å². The van der Waals surface area contributed by atoms with Gasteiger partial charge in [-0.25, -0.2) is 27.1 Å². The third kappa shape index (κ3) is 4.97. The SMILES string of the molecule is CCOC(=O)C1=C(COC(=O)c2cc(S(=O)(=O)N(C)C)ccc2C)NC(=O)N[C@H]1C. The van der Waals surface area contributed by atoms with Gasteiger partial charge < -0.3 is 20.1 Å². The largest absolute Gasteiger partial charge is 0.463 e. The summed E-state index contributed by atoms with van der Waals surface area (Å²) < 4.78 is 36.0. The van der Waals surface area contributed by atoms with Crippen molar-refractivity contribution in [2.24, 2.45) is 0 Å². The van der Waals surface area contributed by atoms with Crippen molar-refractivity contribution in [3.05, 3.63) is 40.6 Å². The zero-order chi connectivity index (χ0) is 22.6. The van der Waals surface area contributed by atoms with Gasteiger partial charge in [-0.05, 0) is 38.5 Å². The Morgan fingerprint density at radius 1 is 1.17 bits per heavy atom. The molecule has 11 heteroatoms. The van der Waals surface area contributed by atoms with Gasteiger partial charge in [-0.3, -0.25) is 0 Å². The molecule has 2 N–H and O–H groups in total. The number of nitrogens with zero attached hydrogens (tertiary/aromatic N) is 1. The summed E-state index contributed by atoms with van der Waals surface area (Å²) in [6.07, 6.45) is 0. The summed E-state index contributed by atoms with van der Waals surface area (Å²) in [5, 5.41) is 5.00. The van der Waals surface area contributed by atoms with Gasteiger partial charge in [-0.1, -0.05) is 6.07 Å². The van der Waals surface area contributed by atoms with E-state index in [4.69, 9.17) is 9.47 Å². The van der Waals surface area contributed by atoms with Gasteiger partial charge in [0.05, 0.1) is 34.4 Å². The number of ether oxygens (including phenoxy) is 2. The van der Waals surface area contributed by atoms with E-state index < -0.39 is 40.6 Å². The summed E-state index contributed by atoms with van der Waals surface area (Å²) in [5.41, 5.74) is 0.821. The van der Waals surface area contributed by atoms with Gasteiger partial charge in [-0.15, -0.1) is 0 Å². The first-order valence-electron chi connectivity index (χ1n) is 9.17. The summed E-state index contributed by atoms with van der Waals surface area (Å²) in [4.78, 5) is 36.6. The molecule has 2 amide bonds. The van der Waals surface area contributed by atoms with Crippen molar-refractivity contribution in [2.45, 2.75) is 31.7 Å². The van der Waals surface area contributed by atoms with Crippen molar-refractivity contribution in [1.82, 2.24) is 14.9 Å². The molecule has 1 aliphatic rings. The third-order valence-electron chi connectivity index (χ3n) is 4.42. The van der Waals surface area contributed by atoms with E-state index >= 15 is 0 Å². The quantitative estimate of drug-likeness (QED) is 0.604. The Morgan fingerprint density at radius 2 is 1.83 bits per heavy atom. The summed E-state index contributed by atoms with van der Waals surface area (Å²) >= 11 is 0. The number of nitrogens with one attached hydrogen (secondary N) is 2. The predicted octanol–water partition coefficient (Wildman–Crippen LogP) is 0.921. The number of hydrogen-bond acceptors (Lipinski definition) is 7. The minimum atomic E-state index is -3.74. The van der Waals surface area contributed by atoms with Crippen LogP contribution in [0, 0.1) is 6.92 Å². The number of amides is 2. The van der Waals surface area contributed by atoms with E-state index in [2.05, 4.69) is 10.6 Å². The molecule has 0 saturated carbocycles. The Balaban J connectivity index is 2.30. The van der Waals surface area contributed by atoms with Gasteiger partial charge in [0.15, 0.2) is 0 Å². The number of urea groups is 1. The van der Waals surface area contributed by atoms with Crippen molar-refractivity contribution in [1.29, 1.82) is 0 Å². The van der Waals surface area contributed by atoms with Gasteiger partial charge in [-0.2, -0.15) is 0 Å². The lowest BCUT2D eigenvalue weighted by Crippen LogP contribution is -2.50. The maximum atomic E-state index is 12.6. The highest BCUT2D eigenvalue weighted by Crippen LogP contribution is 2.20. The minimum Gasteiger partial charge on any atom is -0.463 e. The lowest BCUT2D eigenvalue weighted by molar-refractivity contribution is -0.139. The Bertz CT molecular complexity index is 999. The molecule has 0 bridgehead atoms. The van der Waals surface area contributed by atoms with Gasteiger partial charge in [0.2, 0.25) is 10.0 Å². The molecule has 2 rings (SSSR count). The Hall–Kier alpha value is -2.92. The van der Waals surface area contributed by atoms with Crippen LogP contribution in [0.1, 0.15) is 29.8 Å². The van der Waals surface area contributed by atoms with Gasteiger partial charge in [0.1, 0.15) is 6.61 Å². The molecular weight excluding hydrogens is 414 g/mol. The fourth-order valence-electron chi connectivity index (χ4n) is 2.80. The van der Waals surface area contributed by atoms with Crippen LogP contribution in [0.3, 0.4) is 0 Å². The number of carbonyl (C=O) groups excluding carboxylic acids is 3. The van der Waals surface area contributed by atoms with E-state index in [0.29, 0.717) is 5.56 Å². The molecule has 0 fully saturated rings. The number of carbonyl (C=O) groups is 3. The normalized spacial score (nSPS) is 16.7. The second-order valence-corrected chi connectivity index (χ2v) is 8.92. The van der Waals surface area contributed by atoms with Crippen molar-refractivity contribution in [2.75, 3.05) is 27.3 Å². The fourth-order valence-corrected chi connectivity index (χ4v) is 3.73. The molecule has 0 unspecified atom stereocenters. The van der Waals surface area contributed by atoms with Crippen LogP contribution >= 0.6 is 0 Å². The topological polar surface area (TPSA) is 131 Å². The average molecular weight is 439 g/mol. The molecule has 1 heterocycles. The van der Waals surface area contributed by atoms with Crippen LogP contribution in [0.15, 0.2) is 34.4 Å². The zero-order valence-electron chi connectivity index (χ0n) is 17.4. The van der Waals surface area contributed by atoms with Crippen LogP contribution in [0.5, 0.6) is 0 Å². The molecule has 0 aromatic heterocycles. The lowest BCUT2D eigenvalue weighted by atomic mass is 10.0. The standard InChI is InChI=1S/C19H25N3O7S/c1-6-28-18(24)16-12(3)20-19(25)21-15(16)10-29-17(23)14-9-13(8-7-11(14)2)30(26,27)22(4)5/h7-9,12H,6,10H2,1-5H3,(H2,20,21,25)/t12-/m0/s1. The highest BCUT2D eigenvalue weighted by molar-refractivity contribution is 7.89. The van der Waals surface area contributed by atoms with Crippen molar-refractivity contribution in [3.63, 3.8) is 0 Å². The number of benzene rings is 1. The summed E-state index contributed by atoms with van der Waals surface area (Å²) in [7, 11) is -0.963. The Kier molecular flexibility index (Phi) is 7.21. The molecule has 164 valence electrons. The summed E-state index contributed by atoms with van der Waals surface area (Å²) in [6, 6.07) is 2.96. The second-order valence-electron chi connectivity index (χ2n) is 6.77. The maximum absolute atomic E-state index is 12.6. The van der Waals surface area contributed by atoms with Crippen LogP contribution in [0.25, 0.3) is 0 Å². The molecule has 0 radical (unpaired) electrons. The number of rotatable bonds is 7. The molecule has 0 spiro atoms. The van der Waals surface area contributed by atoms with Gasteiger partial charge in [0.25, 0.3) is 0 Å². The van der Waals surface area contributed by atoms with Crippen LogP contribution in [-0.2, 0) is 24.3 Å². The molecule has 10 nitrogen and oxygen atoms in total. The molecule has 1 aliphatic heterocycles. The number of sulfonamides is 1. The smallest absolute Gasteiger partial charge is 0.338 e. The predicted molar refractivity (Wildman–Crippen MR) is 107 cm³/mol. The van der Waals surface area contributed by atoms with Crippen LogP contribution < -0.4 is 10.6 Å². The van der Waals surface area contributed by atoms with E-state index in [1.807, 2.05) is 0 Å². The van der Waals surface area contributed by atoms with E-state index in [0.717, 1.165) is 4.31 Å². The maximum Gasteiger partial charge on any atom is 0.338 e. The number of esters is 2. The second kappa shape index (κ2) is 9.26. The molecule has 0 saturated heterocycles. The lowest BCUT2D eigenvalue weighted by Gasteiger charge is -2.26. The van der Waals surface area contributed by atoms with Crippen molar-refractivity contribution in [3.8, 4) is 0 Å². The van der Waals surface area contributed by atoms with Gasteiger partial charge in [0, 0.05) is 14.1 Å². The fraction of sp³-hybridized carbons (Fsp3) is 0.421. The molecule has 1 aromatic carbocycles. The first-order valence-corrected chi connectivity index (χ1v) is 10.6. The summed E-state index contributed by atoms with van der Waals surface area (Å²) in [5.74, 6) is -1.43. The van der Waals surface area contributed by atoms with E-state index in [9.17, 15) is 22.8 Å². The van der Waals surface area contributed by atoms with Crippen molar-refractivity contribution >= 4 is 28.0 Å². The highest BCUT2D eigenvalue weighted by atomic mass is 32.2. The highest BCUT2D eigenvalue weighted by Gasteiger charge is 2.30. The average Bonchev–Trinajstić information content (AvgIpc) is 2.65. The van der Waals surface area contributed by atoms with Crippen LogP contribution in [-0.4, -0.2) is 64.0 Å². The minimum absolute atomic E-state index is 0.0553. The van der Waals surface area contributed by atoms with Crippen LogP contribution in [0.4, 0.5) is 4.79 Å². The molecule has 1 atom stereocenters. The molecule has 0 aliphatic carbocycles. The van der Waals surface area contributed by atoms with Crippen LogP contribution in [0.2, 0.25) is 0 Å². The monoisotopic (exact) mass is 439 g/mol. The number of hydrogen-bond donors (Lipinski definition) is 2. The van der Waals surface area contributed by atoms with E-state index in [1.165, 1.54) is 32.3 Å². The number of aryl methyl sites for hydroxylation is 1.